The molecule has 1 aromatic heterocycles. The lowest BCUT2D eigenvalue weighted by atomic mass is 10.1. The largest absolute Gasteiger partial charge is 0.396 e. The first kappa shape index (κ1) is 11.5. The number of nitrogen functional groups attached to an aromatic ring is 1. The number of nitrogens with one attached hydrogen (secondary N) is 1. The van der Waals surface area contributed by atoms with Crippen LogP contribution < -0.4 is 11.1 Å². The van der Waals surface area contributed by atoms with E-state index < -0.39 is 0 Å². The van der Waals surface area contributed by atoms with Gasteiger partial charge >= 0.3 is 0 Å². The number of hydrogen-bond acceptors (Lipinski definition) is 3. The van der Waals surface area contributed by atoms with Crippen LogP contribution in [0.15, 0.2) is 36.4 Å². The highest BCUT2D eigenvalue weighted by molar-refractivity contribution is 5.61. The summed E-state index contributed by atoms with van der Waals surface area (Å²) in [6, 6.07) is 12.1. The Labute approximate surface area is 102 Å². The molecule has 0 bridgehead atoms. The summed E-state index contributed by atoms with van der Waals surface area (Å²) in [7, 11) is 0. The molecule has 0 spiro atoms. The zero-order chi connectivity index (χ0) is 12.3. The van der Waals surface area contributed by atoms with Crippen molar-refractivity contribution < 1.29 is 0 Å². The van der Waals surface area contributed by atoms with Gasteiger partial charge in [-0.05, 0) is 37.1 Å². The van der Waals surface area contributed by atoms with Gasteiger partial charge in [0.25, 0.3) is 0 Å². The van der Waals surface area contributed by atoms with Crippen molar-refractivity contribution in [2.75, 3.05) is 11.1 Å². The van der Waals surface area contributed by atoms with Crippen molar-refractivity contribution in [3.8, 4) is 0 Å². The summed E-state index contributed by atoms with van der Waals surface area (Å²) in [6.07, 6.45) is 0. The third-order valence-corrected chi connectivity index (χ3v) is 2.77. The molecule has 2 rings (SSSR count). The SMILES string of the molecule is Cc1ccc(N)c(NCc2ccccc2C)n1. The van der Waals surface area contributed by atoms with Crippen molar-refractivity contribution in [1.82, 2.24) is 4.98 Å². The molecule has 3 nitrogen and oxygen atoms in total. The van der Waals surface area contributed by atoms with Crippen molar-refractivity contribution in [2.24, 2.45) is 0 Å². The first-order valence-corrected chi connectivity index (χ1v) is 5.68. The number of aryl methyl sites for hydroxylation is 2. The number of benzene rings is 1. The smallest absolute Gasteiger partial charge is 0.149 e. The molecule has 0 aliphatic carbocycles. The van der Waals surface area contributed by atoms with Crippen LogP contribution in [0.1, 0.15) is 16.8 Å². The van der Waals surface area contributed by atoms with Crippen LogP contribution >= 0.6 is 0 Å². The van der Waals surface area contributed by atoms with Gasteiger partial charge in [0.1, 0.15) is 5.82 Å². The maximum absolute atomic E-state index is 5.87. The number of rotatable bonds is 3. The number of nitrogens with zero attached hydrogens (tertiary/aromatic N) is 1. The molecule has 0 fully saturated rings. The minimum Gasteiger partial charge on any atom is -0.396 e. The molecular formula is C14H17N3. The van der Waals surface area contributed by atoms with E-state index in [2.05, 4.69) is 29.4 Å². The number of anilines is 2. The van der Waals surface area contributed by atoms with Gasteiger partial charge in [-0.2, -0.15) is 0 Å². The van der Waals surface area contributed by atoms with E-state index in [-0.39, 0.29) is 0 Å². The van der Waals surface area contributed by atoms with E-state index in [0.29, 0.717) is 5.69 Å². The van der Waals surface area contributed by atoms with E-state index in [1.165, 1.54) is 11.1 Å². The van der Waals surface area contributed by atoms with Crippen molar-refractivity contribution in [3.63, 3.8) is 0 Å². The van der Waals surface area contributed by atoms with E-state index in [9.17, 15) is 0 Å². The van der Waals surface area contributed by atoms with E-state index in [1.807, 2.05) is 31.2 Å². The molecule has 0 aliphatic rings. The van der Waals surface area contributed by atoms with Crippen LogP contribution in [-0.2, 0) is 6.54 Å². The molecular weight excluding hydrogens is 210 g/mol. The highest BCUT2D eigenvalue weighted by atomic mass is 15.0. The summed E-state index contributed by atoms with van der Waals surface area (Å²) in [5.74, 6) is 0.758. The number of pyridine rings is 1. The van der Waals surface area contributed by atoms with Crippen molar-refractivity contribution in [3.05, 3.63) is 53.2 Å². The van der Waals surface area contributed by atoms with Crippen LogP contribution in [0.4, 0.5) is 11.5 Å². The molecule has 3 N–H and O–H groups in total. The number of nitrogens with two attached hydrogens (primary N) is 1. The molecule has 0 amide bonds. The van der Waals surface area contributed by atoms with Crippen LogP contribution in [0.2, 0.25) is 0 Å². The minimum absolute atomic E-state index is 0.684. The summed E-state index contributed by atoms with van der Waals surface area (Å²) >= 11 is 0. The molecule has 1 heterocycles. The van der Waals surface area contributed by atoms with Gasteiger partial charge in [0.15, 0.2) is 0 Å². The van der Waals surface area contributed by atoms with E-state index in [4.69, 9.17) is 5.73 Å². The van der Waals surface area contributed by atoms with Crippen LogP contribution in [0, 0.1) is 13.8 Å². The molecule has 0 unspecified atom stereocenters. The fourth-order valence-electron chi connectivity index (χ4n) is 1.70. The lowest BCUT2D eigenvalue weighted by molar-refractivity contribution is 1.08. The molecule has 88 valence electrons. The second-order valence-corrected chi connectivity index (χ2v) is 4.17. The van der Waals surface area contributed by atoms with Gasteiger partial charge in [0.2, 0.25) is 0 Å². The Kier molecular flexibility index (Phi) is 3.28. The third-order valence-electron chi connectivity index (χ3n) is 2.77. The maximum Gasteiger partial charge on any atom is 0.149 e. The lowest BCUT2D eigenvalue weighted by Crippen LogP contribution is -2.06. The Morgan fingerprint density at radius 1 is 1.12 bits per heavy atom. The third kappa shape index (κ3) is 2.75. The Bertz CT molecular complexity index is 521. The zero-order valence-electron chi connectivity index (χ0n) is 10.2. The van der Waals surface area contributed by atoms with Crippen molar-refractivity contribution in [2.45, 2.75) is 20.4 Å². The van der Waals surface area contributed by atoms with Crippen LogP contribution in [0.5, 0.6) is 0 Å². The Hall–Kier alpha value is -2.03. The van der Waals surface area contributed by atoms with Gasteiger partial charge in [-0.25, -0.2) is 4.98 Å². The Balaban J connectivity index is 2.12. The topological polar surface area (TPSA) is 50.9 Å². The average Bonchev–Trinajstić information content (AvgIpc) is 2.32. The zero-order valence-corrected chi connectivity index (χ0v) is 10.2. The van der Waals surface area contributed by atoms with Crippen molar-refractivity contribution in [1.29, 1.82) is 0 Å². The minimum atomic E-state index is 0.684. The molecule has 2 aromatic rings. The first-order chi connectivity index (χ1) is 8.16. The van der Waals surface area contributed by atoms with Crippen molar-refractivity contribution >= 4 is 11.5 Å². The molecule has 17 heavy (non-hydrogen) atoms. The normalized spacial score (nSPS) is 10.2. The highest BCUT2D eigenvalue weighted by Gasteiger charge is 2.02. The molecule has 3 heteroatoms. The number of hydrogen-bond donors (Lipinski definition) is 2. The summed E-state index contributed by atoms with van der Waals surface area (Å²) in [5.41, 5.74) is 10.0. The van der Waals surface area contributed by atoms with Crippen LogP contribution in [-0.4, -0.2) is 4.98 Å². The van der Waals surface area contributed by atoms with Gasteiger partial charge < -0.3 is 11.1 Å². The summed E-state index contributed by atoms with van der Waals surface area (Å²) in [6.45, 7) is 4.80. The van der Waals surface area contributed by atoms with E-state index in [0.717, 1.165) is 18.1 Å². The standard InChI is InChI=1S/C14H17N3/c1-10-5-3-4-6-12(10)9-16-14-13(15)8-7-11(2)17-14/h3-8H,9,15H2,1-2H3,(H,16,17). The van der Waals surface area contributed by atoms with Gasteiger partial charge in [-0.3, -0.25) is 0 Å². The quantitative estimate of drug-likeness (QED) is 0.847. The average molecular weight is 227 g/mol. The van der Waals surface area contributed by atoms with Crippen LogP contribution in [0.3, 0.4) is 0 Å². The Morgan fingerprint density at radius 3 is 2.65 bits per heavy atom. The van der Waals surface area contributed by atoms with Gasteiger partial charge in [0.05, 0.1) is 5.69 Å². The fourth-order valence-corrected chi connectivity index (χ4v) is 1.70. The van der Waals surface area contributed by atoms with Gasteiger partial charge in [-0.15, -0.1) is 0 Å². The molecule has 0 aliphatic heterocycles. The molecule has 1 aromatic carbocycles. The maximum atomic E-state index is 5.87. The molecule has 0 radical (unpaired) electrons. The van der Waals surface area contributed by atoms with Gasteiger partial charge in [-0.1, -0.05) is 24.3 Å². The predicted molar refractivity (Wildman–Crippen MR) is 71.9 cm³/mol. The van der Waals surface area contributed by atoms with E-state index >= 15 is 0 Å². The second-order valence-electron chi connectivity index (χ2n) is 4.17. The first-order valence-electron chi connectivity index (χ1n) is 5.68. The van der Waals surface area contributed by atoms with E-state index in [1.54, 1.807) is 0 Å². The predicted octanol–water partition coefficient (Wildman–Crippen LogP) is 2.89. The Morgan fingerprint density at radius 2 is 1.88 bits per heavy atom. The molecule has 0 saturated heterocycles. The highest BCUT2D eigenvalue weighted by Crippen LogP contribution is 2.17. The second kappa shape index (κ2) is 4.87. The number of aromatic nitrogens is 1. The fraction of sp³-hybridized carbons (Fsp3) is 0.214. The summed E-state index contributed by atoms with van der Waals surface area (Å²) in [5, 5.41) is 3.27. The lowest BCUT2D eigenvalue weighted by Gasteiger charge is -2.10. The van der Waals surface area contributed by atoms with Gasteiger partial charge in [0, 0.05) is 12.2 Å². The molecule has 0 saturated carbocycles. The van der Waals surface area contributed by atoms with Crippen LogP contribution in [0.25, 0.3) is 0 Å². The molecule has 0 atom stereocenters. The summed E-state index contributed by atoms with van der Waals surface area (Å²) < 4.78 is 0. The summed E-state index contributed by atoms with van der Waals surface area (Å²) in [4.78, 5) is 4.38. The monoisotopic (exact) mass is 227 g/mol.